The molecule has 28 heavy (non-hydrogen) atoms. The first-order valence-corrected chi connectivity index (χ1v) is 9.56. The van der Waals surface area contributed by atoms with E-state index in [-0.39, 0.29) is 23.9 Å². The van der Waals surface area contributed by atoms with E-state index >= 15 is 0 Å². The number of halogens is 1. The summed E-state index contributed by atoms with van der Waals surface area (Å²) in [6, 6.07) is 5.46. The molecule has 1 N–H and O–H groups in total. The molecule has 0 atom stereocenters. The molecule has 0 radical (unpaired) electrons. The molecule has 154 valence electrons. The van der Waals surface area contributed by atoms with Crippen LogP contribution in [0.4, 0.5) is 0 Å². The Morgan fingerprint density at radius 3 is 2.68 bits per heavy atom. The molecule has 0 aliphatic carbocycles. The van der Waals surface area contributed by atoms with Crippen molar-refractivity contribution in [1.29, 1.82) is 0 Å². The van der Waals surface area contributed by atoms with E-state index in [1.165, 1.54) is 0 Å². The van der Waals surface area contributed by atoms with Crippen molar-refractivity contribution in [2.45, 2.75) is 32.6 Å². The van der Waals surface area contributed by atoms with Gasteiger partial charge in [-0.05, 0) is 63.4 Å². The first-order chi connectivity index (χ1) is 13.0. The Kier molecular flexibility index (Phi) is 7.89. The van der Waals surface area contributed by atoms with Gasteiger partial charge in [0, 0.05) is 36.5 Å². The van der Waals surface area contributed by atoms with Crippen LogP contribution in [0.1, 0.15) is 30.4 Å². The third-order valence-electron chi connectivity index (χ3n) is 5.54. The number of rotatable bonds is 6. The molecule has 1 aliphatic heterocycles. The maximum Gasteiger partial charge on any atom is 0.339 e. The van der Waals surface area contributed by atoms with Gasteiger partial charge in [0.25, 0.3) is 0 Å². The van der Waals surface area contributed by atoms with Crippen LogP contribution in [0.2, 0.25) is 0 Å². The van der Waals surface area contributed by atoms with Gasteiger partial charge in [0.15, 0.2) is 0 Å². The van der Waals surface area contributed by atoms with Crippen LogP contribution >= 0.6 is 12.4 Å². The maximum absolute atomic E-state index is 12.6. The van der Waals surface area contributed by atoms with Gasteiger partial charge in [-0.2, -0.15) is 0 Å². The molecule has 1 fully saturated rings. The highest BCUT2D eigenvalue weighted by molar-refractivity contribution is 5.85. The van der Waals surface area contributed by atoms with Crippen molar-refractivity contribution in [3.8, 4) is 5.75 Å². The molecule has 6 nitrogen and oxygen atoms in total. The van der Waals surface area contributed by atoms with Gasteiger partial charge in [-0.25, -0.2) is 4.79 Å². The van der Waals surface area contributed by atoms with Crippen LogP contribution < -0.4 is 15.7 Å². The number of fused-ring (bicyclic) bond motifs is 1. The van der Waals surface area contributed by atoms with Gasteiger partial charge in [-0.15, -0.1) is 12.4 Å². The fourth-order valence-electron chi connectivity index (χ4n) is 3.86. The van der Waals surface area contributed by atoms with E-state index < -0.39 is 0 Å². The second-order valence-corrected chi connectivity index (χ2v) is 7.24. The molecule has 2 heterocycles. The number of carbonyl (C=O) groups excluding carboxylic acids is 1. The zero-order valence-electron chi connectivity index (χ0n) is 16.7. The third kappa shape index (κ3) is 4.86. The maximum atomic E-state index is 12.6. The smallest absolute Gasteiger partial charge is 0.339 e. The predicted octanol–water partition coefficient (Wildman–Crippen LogP) is 2.92. The third-order valence-corrected chi connectivity index (χ3v) is 5.54. The highest BCUT2D eigenvalue weighted by Gasteiger charge is 2.23. The number of benzene rings is 1. The number of ether oxygens (including phenoxy) is 1. The molecule has 1 aromatic heterocycles. The van der Waals surface area contributed by atoms with Crippen LogP contribution in [-0.2, 0) is 11.2 Å². The van der Waals surface area contributed by atoms with Crippen LogP contribution in [0.5, 0.6) is 5.75 Å². The zero-order chi connectivity index (χ0) is 19.4. The molecule has 0 bridgehead atoms. The van der Waals surface area contributed by atoms with Crippen molar-refractivity contribution in [3.05, 3.63) is 39.7 Å². The quantitative estimate of drug-likeness (QED) is 0.744. The molecule has 0 spiro atoms. The van der Waals surface area contributed by atoms with Gasteiger partial charge < -0.3 is 19.4 Å². The second kappa shape index (κ2) is 9.94. The van der Waals surface area contributed by atoms with Crippen LogP contribution in [0, 0.1) is 12.8 Å². The summed E-state index contributed by atoms with van der Waals surface area (Å²) in [6.45, 7) is 4.52. The number of nitrogens with one attached hydrogen (secondary N) is 1. The van der Waals surface area contributed by atoms with E-state index in [9.17, 15) is 9.59 Å². The van der Waals surface area contributed by atoms with Crippen molar-refractivity contribution in [2.75, 3.05) is 33.8 Å². The first-order valence-electron chi connectivity index (χ1n) is 9.56. The summed E-state index contributed by atoms with van der Waals surface area (Å²) >= 11 is 0. The molecule has 1 aromatic carbocycles. The van der Waals surface area contributed by atoms with Gasteiger partial charge >= 0.3 is 5.63 Å². The largest absolute Gasteiger partial charge is 0.497 e. The minimum Gasteiger partial charge on any atom is -0.497 e. The SMILES string of the molecule is CNCC1CCN(C(=O)CCc2c(C)c3ccc(OC)cc3oc2=O)CC1.Cl. The van der Waals surface area contributed by atoms with Crippen molar-refractivity contribution in [3.63, 3.8) is 0 Å². The van der Waals surface area contributed by atoms with Crippen LogP contribution in [0.25, 0.3) is 11.0 Å². The van der Waals surface area contributed by atoms with Crippen molar-refractivity contribution < 1.29 is 13.9 Å². The van der Waals surface area contributed by atoms with Gasteiger partial charge in [0.1, 0.15) is 11.3 Å². The van der Waals surface area contributed by atoms with Crippen molar-refractivity contribution in [2.24, 2.45) is 5.92 Å². The Hall–Kier alpha value is -2.05. The Labute approximate surface area is 171 Å². The van der Waals surface area contributed by atoms with Gasteiger partial charge in [-0.3, -0.25) is 4.79 Å². The van der Waals surface area contributed by atoms with E-state index in [0.29, 0.717) is 35.7 Å². The summed E-state index contributed by atoms with van der Waals surface area (Å²) in [5.41, 5.74) is 1.61. The molecule has 0 saturated carbocycles. The van der Waals surface area contributed by atoms with Crippen LogP contribution in [0.3, 0.4) is 0 Å². The van der Waals surface area contributed by atoms with Gasteiger partial charge in [-0.1, -0.05) is 0 Å². The average molecular weight is 409 g/mol. The summed E-state index contributed by atoms with van der Waals surface area (Å²) in [4.78, 5) is 26.9. The summed E-state index contributed by atoms with van der Waals surface area (Å²) in [5.74, 6) is 1.41. The highest BCUT2D eigenvalue weighted by atomic mass is 35.5. The minimum atomic E-state index is -0.367. The van der Waals surface area contributed by atoms with Gasteiger partial charge in [0.05, 0.1) is 7.11 Å². The van der Waals surface area contributed by atoms with Crippen LogP contribution in [0.15, 0.2) is 27.4 Å². The van der Waals surface area contributed by atoms with E-state index in [1.807, 2.05) is 31.0 Å². The molecular weight excluding hydrogens is 380 g/mol. The molecule has 0 unspecified atom stereocenters. The number of nitrogens with zero attached hydrogens (tertiary/aromatic N) is 1. The minimum absolute atomic E-state index is 0. The van der Waals surface area contributed by atoms with Crippen LogP contribution in [-0.4, -0.2) is 44.6 Å². The Morgan fingerprint density at radius 2 is 2.04 bits per heavy atom. The predicted molar refractivity (Wildman–Crippen MR) is 113 cm³/mol. The number of hydrogen-bond acceptors (Lipinski definition) is 5. The first kappa shape index (κ1) is 22.2. The summed E-state index contributed by atoms with van der Waals surface area (Å²) in [6.07, 6.45) is 2.81. The number of amides is 1. The Morgan fingerprint density at radius 1 is 1.32 bits per heavy atom. The lowest BCUT2D eigenvalue weighted by molar-refractivity contribution is -0.132. The molecule has 7 heteroatoms. The van der Waals surface area contributed by atoms with E-state index in [2.05, 4.69) is 5.32 Å². The normalized spacial score (nSPS) is 14.8. The monoisotopic (exact) mass is 408 g/mol. The molecule has 1 aliphatic rings. The number of aryl methyl sites for hydroxylation is 1. The van der Waals surface area contributed by atoms with Crippen molar-refractivity contribution >= 4 is 29.3 Å². The number of carbonyl (C=O) groups is 1. The molecule has 1 amide bonds. The zero-order valence-corrected chi connectivity index (χ0v) is 17.6. The lowest BCUT2D eigenvalue weighted by atomic mass is 9.96. The molecule has 1 saturated heterocycles. The summed E-state index contributed by atoms with van der Waals surface area (Å²) in [5, 5.41) is 4.09. The average Bonchev–Trinajstić information content (AvgIpc) is 2.68. The second-order valence-electron chi connectivity index (χ2n) is 7.24. The highest BCUT2D eigenvalue weighted by Crippen LogP contribution is 2.25. The molecule has 2 aromatic rings. The summed E-state index contributed by atoms with van der Waals surface area (Å²) in [7, 11) is 3.54. The molecular formula is C21H29ClN2O4. The van der Waals surface area contributed by atoms with Gasteiger partial charge in [0.2, 0.25) is 5.91 Å². The van der Waals surface area contributed by atoms with E-state index in [1.54, 1.807) is 13.2 Å². The molecule has 3 rings (SSSR count). The number of methoxy groups -OCH3 is 1. The van der Waals surface area contributed by atoms with E-state index in [0.717, 1.165) is 43.4 Å². The Bertz CT molecular complexity index is 873. The fraction of sp³-hybridized carbons (Fsp3) is 0.524. The number of hydrogen-bond donors (Lipinski definition) is 1. The fourth-order valence-corrected chi connectivity index (χ4v) is 3.86. The Balaban J connectivity index is 0.00000280. The lowest BCUT2D eigenvalue weighted by Gasteiger charge is -2.32. The number of piperidine rings is 1. The van der Waals surface area contributed by atoms with Crippen molar-refractivity contribution in [1.82, 2.24) is 10.2 Å². The standard InChI is InChI=1S/C21H28N2O4.ClH/c1-14-17-5-4-16(26-3)12-19(17)27-21(25)18(14)6-7-20(24)23-10-8-15(9-11-23)13-22-2;/h4-5,12,15,22H,6-11,13H2,1-3H3;1H. The van der Waals surface area contributed by atoms with E-state index in [4.69, 9.17) is 9.15 Å². The number of likely N-dealkylation sites (tertiary alicyclic amines) is 1. The summed E-state index contributed by atoms with van der Waals surface area (Å²) < 4.78 is 10.7. The lowest BCUT2D eigenvalue weighted by Crippen LogP contribution is -2.40. The topological polar surface area (TPSA) is 71.8 Å².